The standard InChI is InChI=1S/C18H20N2O2/c1-3-14(2)19-20-17(21)18(22,15-10-6-4-7-11-15)16-12-8-5-9-13-16/h4-13,22H,3H2,1-2H3,(H,20,21)/b19-14-. The maximum absolute atomic E-state index is 12.6. The van der Waals surface area contributed by atoms with Gasteiger partial charge in [-0.05, 0) is 24.5 Å². The molecule has 114 valence electrons. The van der Waals surface area contributed by atoms with Crippen LogP contribution in [-0.2, 0) is 10.4 Å². The Bertz CT molecular complexity index is 612. The molecule has 2 aromatic rings. The molecule has 0 aliphatic heterocycles. The molecule has 0 unspecified atom stereocenters. The summed E-state index contributed by atoms with van der Waals surface area (Å²) in [6, 6.07) is 17.7. The summed E-state index contributed by atoms with van der Waals surface area (Å²) in [7, 11) is 0. The molecule has 22 heavy (non-hydrogen) atoms. The van der Waals surface area contributed by atoms with Gasteiger partial charge in [-0.3, -0.25) is 4.79 Å². The van der Waals surface area contributed by atoms with Crippen LogP contribution in [0.3, 0.4) is 0 Å². The highest BCUT2D eigenvalue weighted by molar-refractivity contribution is 5.91. The minimum Gasteiger partial charge on any atom is -0.372 e. The van der Waals surface area contributed by atoms with Crippen LogP contribution in [0.4, 0.5) is 0 Å². The second-order valence-corrected chi connectivity index (χ2v) is 5.08. The second-order valence-electron chi connectivity index (χ2n) is 5.08. The zero-order valence-electron chi connectivity index (χ0n) is 12.8. The molecular weight excluding hydrogens is 276 g/mol. The lowest BCUT2D eigenvalue weighted by Crippen LogP contribution is -2.43. The number of aliphatic hydroxyl groups is 1. The van der Waals surface area contributed by atoms with E-state index in [0.717, 1.165) is 12.1 Å². The molecular formula is C18H20N2O2. The average molecular weight is 296 g/mol. The predicted octanol–water partition coefficient (Wildman–Crippen LogP) is 2.82. The molecule has 0 aliphatic rings. The molecule has 0 saturated carbocycles. The molecule has 0 heterocycles. The smallest absolute Gasteiger partial charge is 0.281 e. The van der Waals surface area contributed by atoms with E-state index in [1.54, 1.807) is 48.5 Å². The van der Waals surface area contributed by atoms with E-state index in [-0.39, 0.29) is 0 Å². The van der Waals surface area contributed by atoms with E-state index in [1.807, 2.05) is 26.0 Å². The SMILES string of the molecule is CC/C(C)=N\NC(=O)C(O)(c1ccccc1)c1ccccc1. The van der Waals surface area contributed by atoms with Crippen molar-refractivity contribution in [2.75, 3.05) is 0 Å². The van der Waals surface area contributed by atoms with E-state index >= 15 is 0 Å². The van der Waals surface area contributed by atoms with Gasteiger partial charge in [-0.2, -0.15) is 5.10 Å². The summed E-state index contributed by atoms with van der Waals surface area (Å²) in [6.45, 7) is 3.77. The number of amides is 1. The van der Waals surface area contributed by atoms with Gasteiger partial charge in [-0.1, -0.05) is 67.6 Å². The predicted molar refractivity (Wildman–Crippen MR) is 87.4 cm³/mol. The van der Waals surface area contributed by atoms with E-state index in [1.165, 1.54) is 0 Å². The maximum atomic E-state index is 12.6. The molecule has 0 fully saturated rings. The molecule has 0 aromatic heterocycles. The van der Waals surface area contributed by atoms with Crippen molar-refractivity contribution in [3.63, 3.8) is 0 Å². The highest BCUT2D eigenvalue weighted by atomic mass is 16.3. The van der Waals surface area contributed by atoms with Crippen molar-refractivity contribution in [1.82, 2.24) is 5.43 Å². The van der Waals surface area contributed by atoms with Crippen molar-refractivity contribution in [1.29, 1.82) is 0 Å². The van der Waals surface area contributed by atoms with Crippen molar-refractivity contribution in [2.45, 2.75) is 25.9 Å². The minimum absolute atomic E-state index is 0.503. The van der Waals surface area contributed by atoms with Gasteiger partial charge >= 0.3 is 0 Å². The summed E-state index contributed by atoms with van der Waals surface area (Å²) in [5.74, 6) is -0.572. The van der Waals surface area contributed by atoms with Crippen molar-refractivity contribution in [3.8, 4) is 0 Å². The van der Waals surface area contributed by atoms with E-state index in [9.17, 15) is 9.90 Å². The van der Waals surface area contributed by atoms with Crippen molar-refractivity contribution >= 4 is 11.6 Å². The quantitative estimate of drug-likeness (QED) is 0.658. The monoisotopic (exact) mass is 296 g/mol. The first-order valence-electron chi connectivity index (χ1n) is 7.26. The fraction of sp³-hybridized carbons (Fsp3) is 0.222. The maximum Gasteiger partial charge on any atom is 0.281 e. The number of hydrogen-bond acceptors (Lipinski definition) is 3. The lowest BCUT2D eigenvalue weighted by molar-refractivity contribution is -0.136. The van der Waals surface area contributed by atoms with Crippen LogP contribution in [0.25, 0.3) is 0 Å². The Morgan fingerprint density at radius 3 is 1.91 bits per heavy atom. The Balaban J connectivity index is 2.45. The van der Waals surface area contributed by atoms with Crippen LogP contribution in [0.15, 0.2) is 65.8 Å². The van der Waals surface area contributed by atoms with Crippen LogP contribution in [-0.4, -0.2) is 16.7 Å². The van der Waals surface area contributed by atoms with Crippen molar-refractivity contribution in [2.24, 2.45) is 5.10 Å². The van der Waals surface area contributed by atoms with Gasteiger partial charge in [-0.25, -0.2) is 5.43 Å². The van der Waals surface area contributed by atoms with E-state index in [2.05, 4.69) is 10.5 Å². The van der Waals surface area contributed by atoms with Crippen LogP contribution in [0.1, 0.15) is 31.4 Å². The first kappa shape index (κ1) is 15.9. The Kier molecular flexibility index (Phi) is 5.07. The zero-order valence-corrected chi connectivity index (χ0v) is 12.8. The summed E-state index contributed by atoms with van der Waals surface area (Å²) >= 11 is 0. The van der Waals surface area contributed by atoms with Gasteiger partial charge in [0.2, 0.25) is 0 Å². The van der Waals surface area contributed by atoms with Gasteiger partial charge < -0.3 is 5.11 Å². The summed E-state index contributed by atoms with van der Waals surface area (Å²) < 4.78 is 0. The first-order chi connectivity index (χ1) is 10.6. The minimum atomic E-state index is -1.78. The number of nitrogens with one attached hydrogen (secondary N) is 1. The van der Waals surface area contributed by atoms with Gasteiger partial charge in [0.25, 0.3) is 5.91 Å². The Morgan fingerprint density at radius 2 is 1.50 bits per heavy atom. The highest BCUT2D eigenvalue weighted by Crippen LogP contribution is 2.29. The summed E-state index contributed by atoms with van der Waals surface area (Å²) in [6.07, 6.45) is 0.732. The topological polar surface area (TPSA) is 61.7 Å². The molecule has 1 amide bonds. The van der Waals surface area contributed by atoms with Gasteiger partial charge in [0, 0.05) is 5.71 Å². The van der Waals surface area contributed by atoms with E-state index in [4.69, 9.17) is 0 Å². The molecule has 0 aliphatic carbocycles. The van der Waals surface area contributed by atoms with Crippen molar-refractivity contribution < 1.29 is 9.90 Å². The molecule has 4 nitrogen and oxygen atoms in total. The molecule has 4 heteroatoms. The summed E-state index contributed by atoms with van der Waals surface area (Å²) in [4.78, 5) is 12.6. The molecule has 2 rings (SSSR count). The molecule has 0 saturated heterocycles. The van der Waals surface area contributed by atoms with Crippen LogP contribution in [0, 0.1) is 0 Å². The molecule has 0 spiro atoms. The molecule has 2 aromatic carbocycles. The molecule has 0 atom stereocenters. The Morgan fingerprint density at radius 1 is 1.05 bits per heavy atom. The molecule has 2 N–H and O–H groups in total. The molecule has 0 bridgehead atoms. The largest absolute Gasteiger partial charge is 0.372 e. The van der Waals surface area contributed by atoms with Crippen LogP contribution in [0.5, 0.6) is 0 Å². The fourth-order valence-electron chi connectivity index (χ4n) is 2.09. The summed E-state index contributed by atoms with van der Waals surface area (Å²) in [5.41, 5.74) is 2.49. The van der Waals surface area contributed by atoms with Crippen LogP contribution >= 0.6 is 0 Å². The number of carbonyl (C=O) groups excluding carboxylic acids is 1. The lowest BCUT2D eigenvalue weighted by atomic mass is 9.85. The van der Waals surface area contributed by atoms with Gasteiger partial charge in [0.05, 0.1) is 0 Å². The Hall–Kier alpha value is -2.46. The number of carbonyl (C=O) groups is 1. The Labute approximate surface area is 130 Å². The van der Waals surface area contributed by atoms with Gasteiger partial charge in [0.15, 0.2) is 5.60 Å². The lowest BCUT2D eigenvalue weighted by Gasteiger charge is -2.27. The third kappa shape index (κ3) is 3.23. The summed E-state index contributed by atoms with van der Waals surface area (Å²) in [5, 5.41) is 15.1. The van der Waals surface area contributed by atoms with Gasteiger partial charge in [-0.15, -0.1) is 0 Å². The second kappa shape index (κ2) is 7.00. The average Bonchev–Trinajstić information content (AvgIpc) is 2.60. The van der Waals surface area contributed by atoms with Crippen LogP contribution in [0.2, 0.25) is 0 Å². The normalized spacial score (nSPS) is 12.0. The number of hydrazone groups is 1. The first-order valence-corrected chi connectivity index (χ1v) is 7.26. The number of rotatable bonds is 5. The zero-order chi connectivity index (χ0) is 16.0. The van der Waals surface area contributed by atoms with Crippen LogP contribution < -0.4 is 5.43 Å². The number of hydrogen-bond donors (Lipinski definition) is 2. The van der Waals surface area contributed by atoms with E-state index < -0.39 is 11.5 Å². The van der Waals surface area contributed by atoms with Gasteiger partial charge in [0.1, 0.15) is 0 Å². The number of benzene rings is 2. The third-order valence-electron chi connectivity index (χ3n) is 3.57. The third-order valence-corrected chi connectivity index (χ3v) is 3.57. The van der Waals surface area contributed by atoms with E-state index in [0.29, 0.717) is 11.1 Å². The molecule has 0 radical (unpaired) electrons. The fourth-order valence-corrected chi connectivity index (χ4v) is 2.09. The highest BCUT2D eigenvalue weighted by Gasteiger charge is 2.39. The number of nitrogens with zero attached hydrogens (tertiary/aromatic N) is 1. The van der Waals surface area contributed by atoms with Crippen molar-refractivity contribution in [3.05, 3.63) is 71.8 Å².